The summed E-state index contributed by atoms with van der Waals surface area (Å²) in [4.78, 5) is 11.8. The molecule has 1 N–H and O–H groups in total. The van der Waals surface area contributed by atoms with Gasteiger partial charge in [0.05, 0.1) is 6.07 Å². The molecule has 1 aromatic carbocycles. The number of nitrogens with one attached hydrogen (secondary N) is 1. The zero-order valence-corrected chi connectivity index (χ0v) is 10.0. The van der Waals surface area contributed by atoms with Gasteiger partial charge in [0.2, 0.25) is 5.91 Å². The molecule has 0 bridgehead atoms. The van der Waals surface area contributed by atoms with Crippen molar-refractivity contribution in [3.63, 3.8) is 0 Å². The molecule has 1 atom stereocenters. The van der Waals surface area contributed by atoms with Crippen LogP contribution < -0.4 is 5.32 Å². The summed E-state index contributed by atoms with van der Waals surface area (Å²) < 4.78 is 0. The van der Waals surface area contributed by atoms with Crippen LogP contribution >= 0.6 is 11.6 Å². The molecule has 0 aliphatic heterocycles. The van der Waals surface area contributed by atoms with Crippen LogP contribution in [0.5, 0.6) is 0 Å². The van der Waals surface area contributed by atoms with Gasteiger partial charge in [-0.1, -0.05) is 18.5 Å². The fourth-order valence-electron chi connectivity index (χ4n) is 1.09. The van der Waals surface area contributed by atoms with E-state index in [1.54, 1.807) is 31.2 Å². The van der Waals surface area contributed by atoms with Gasteiger partial charge < -0.3 is 5.32 Å². The first kappa shape index (κ1) is 12.5. The molecule has 0 saturated carbocycles. The SMILES string of the molecule is CCC(C)(C#N)C(=O)Nc1ccc(Cl)cc1. The van der Waals surface area contributed by atoms with Crippen molar-refractivity contribution in [3.05, 3.63) is 29.3 Å². The molecule has 3 nitrogen and oxygen atoms in total. The van der Waals surface area contributed by atoms with Crippen molar-refractivity contribution in [2.75, 3.05) is 5.32 Å². The Balaban J connectivity index is 2.79. The van der Waals surface area contributed by atoms with Gasteiger partial charge in [0, 0.05) is 10.7 Å². The molecule has 1 aromatic rings. The van der Waals surface area contributed by atoms with E-state index in [1.807, 2.05) is 13.0 Å². The number of carbonyl (C=O) groups excluding carboxylic acids is 1. The van der Waals surface area contributed by atoms with Crippen LogP contribution in [0, 0.1) is 16.7 Å². The Hall–Kier alpha value is -1.53. The molecule has 1 unspecified atom stereocenters. The van der Waals surface area contributed by atoms with Gasteiger partial charge in [0.15, 0.2) is 0 Å². The van der Waals surface area contributed by atoms with Crippen LogP contribution in [0.15, 0.2) is 24.3 Å². The third-order valence-electron chi connectivity index (χ3n) is 2.56. The van der Waals surface area contributed by atoms with E-state index in [2.05, 4.69) is 5.32 Å². The molecule has 0 aromatic heterocycles. The number of carbonyl (C=O) groups is 1. The molecule has 4 heteroatoms. The van der Waals surface area contributed by atoms with Gasteiger partial charge in [0.25, 0.3) is 0 Å². The minimum absolute atomic E-state index is 0.292. The molecule has 0 heterocycles. The topological polar surface area (TPSA) is 52.9 Å². The van der Waals surface area contributed by atoms with Gasteiger partial charge in [0.1, 0.15) is 5.41 Å². The average molecular weight is 237 g/mol. The van der Waals surface area contributed by atoms with Crippen LogP contribution in [0.1, 0.15) is 20.3 Å². The molecular formula is C12H13ClN2O. The Morgan fingerprint density at radius 1 is 1.50 bits per heavy atom. The van der Waals surface area contributed by atoms with Gasteiger partial charge in [-0.2, -0.15) is 5.26 Å². The maximum absolute atomic E-state index is 11.8. The first-order valence-electron chi connectivity index (χ1n) is 5.00. The van der Waals surface area contributed by atoms with Crippen LogP contribution in [0.3, 0.4) is 0 Å². The molecule has 0 radical (unpaired) electrons. The number of benzene rings is 1. The normalized spacial score (nSPS) is 13.6. The maximum atomic E-state index is 11.8. The molecule has 0 saturated heterocycles. The van der Waals surface area contributed by atoms with Gasteiger partial charge in [-0.3, -0.25) is 4.79 Å². The second-order valence-electron chi connectivity index (χ2n) is 3.76. The van der Waals surface area contributed by atoms with Crippen molar-refractivity contribution in [1.29, 1.82) is 5.26 Å². The molecule has 16 heavy (non-hydrogen) atoms. The quantitative estimate of drug-likeness (QED) is 0.876. The molecular weight excluding hydrogens is 224 g/mol. The Bertz CT molecular complexity index is 422. The molecule has 84 valence electrons. The highest BCUT2D eigenvalue weighted by Crippen LogP contribution is 2.22. The van der Waals surface area contributed by atoms with Crippen LogP contribution in [0.4, 0.5) is 5.69 Å². The van der Waals surface area contributed by atoms with Crippen LogP contribution in [-0.4, -0.2) is 5.91 Å². The van der Waals surface area contributed by atoms with Crippen molar-refractivity contribution in [3.8, 4) is 6.07 Å². The number of hydrogen-bond donors (Lipinski definition) is 1. The number of hydrogen-bond acceptors (Lipinski definition) is 2. The summed E-state index contributed by atoms with van der Waals surface area (Å²) in [7, 11) is 0. The summed E-state index contributed by atoms with van der Waals surface area (Å²) in [5, 5.41) is 12.2. The van der Waals surface area contributed by atoms with Crippen molar-refractivity contribution in [2.45, 2.75) is 20.3 Å². The first-order chi connectivity index (χ1) is 7.51. The van der Waals surface area contributed by atoms with E-state index in [4.69, 9.17) is 16.9 Å². The predicted molar refractivity (Wildman–Crippen MR) is 64.1 cm³/mol. The largest absolute Gasteiger partial charge is 0.325 e. The predicted octanol–water partition coefficient (Wildman–Crippen LogP) is 3.22. The van der Waals surface area contributed by atoms with Gasteiger partial charge >= 0.3 is 0 Å². The second-order valence-corrected chi connectivity index (χ2v) is 4.19. The monoisotopic (exact) mass is 236 g/mol. The molecule has 0 aliphatic rings. The van der Waals surface area contributed by atoms with E-state index in [9.17, 15) is 4.79 Å². The van der Waals surface area contributed by atoms with Crippen LogP contribution in [0.25, 0.3) is 0 Å². The lowest BCUT2D eigenvalue weighted by atomic mass is 9.88. The highest BCUT2D eigenvalue weighted by Gasteiger charge is 2.31. The Morgan fingerprint density at radius 3 is 2.50 bits per heavy atom. The zero-order chi connectivity index (χ0) is 12.2. The number of halogens is 1. The molecule has 1 rings (SSSR count). The van der Waals surface area contributed by atoms with Crippen molar-refractivity contribution >= 4 is 23.2 Å². The smallest absolute Gasteiger partial charge is 0.244 e. The van der Waals surface area contributed by atoms with Gasteiger partial charge in [-0.15, -0.1) is 0 Å². The molecule has 0 spiro atoms. The minimum atomic E-state index is -0.986. The minimum Gasteiger partial charge on any atom is -0.325 e. The zero-order valence-electron chi connectivity index (χ0n) is 9.25. The Morgan fingerprint density at radius 2 is 2.06 bits per heavy atom. The summed E-state index contributed by atoms with van der Waals surface area (Å²) >= 11 is 5.73. The average Bonchev–Trinajstić information content (AvgIpc) is 2.31. The highest BCUT2D eigenvalue weighted by molar-refractivity contribution is 6.30. The van der Waals surface area contributed by atoms with Gasteiger partial charge in [-0.25, -0.2) is 0 Å². The van der Waals surface area contributed by atoms with E-state index in [-0.39, 0.29) is 5.91 Å². The van der Waals surface area contributed by atoms with Crippen molar-refractivity contribution < 1.29 is 4.79 Å². The summed E-state index contributed by atoms with van der Waals surface area (Å²) in [6.07, 6.45) is 0.475. The standard InChI is InChI=1S/C12H13ClN2O/c1-3-12(2,8-14)11(16)15-10-6-4-9(13)5-7-10/h4-7H,3H2,1-2H3,(H,15,16). The fraction of sp³-hybridized carbons (Fsp3) is 0.333. The van der Waals surface area contributed by atoms with Crippen LogP contribution in [-0.2, 0) is 4.79 Å². The number of nitriles is 1. The van der Waals surface area contributed by atoms with E-state index >= 15 is 0 Å². The number of nitrogens with zero attached hydrogens (tertiary/aromatic N) is 1. The van der Waals surface area contributed by atoms with Crippen LogP contribution in [0.2, 0.25) is 5.02 Å². The first-order valence-corrected chi connectivity index (χ1v) is 5.38. The summed E-state index contributed by atoms with van der Waals surface area (Å²) in [6.45, 7) is 3.43. The highest BCUT2D eigenvalue weighted by atomic mass is 35.5. The Labute approximate surface area is 100 Å². The summed E-state index contributed by atoms with van der Waals surface area (Å²) in [5.41, 5.74) is -0.344. The number of anilines is 1. The molecule has 1 amide bonds. The lowest BCUT2D eigenvalue weighted by Crippen LogP contribution is -2.31. The molecule has 0 aliphatic carbocycles. The third kappa shape index (κ3) is 2.74. The van der Waals surface area contributed by atoms with Crippen molar-refractivity contribution in [1.82, 2.24) is 0 Å². The maximum Gasteiger partial charge on any atom is 0.244 e. The number of rotatable bonds is 3. The summed E-state index contributed by atoms with van der Waals surface area (Å²) in [6, 6.07) is 8.80. The van der Waals surface area contributed by atoms with E-state index in [1.165, 1.54) is 0 Å². The third-order valence-corrected chi connectivity index (χ3v) is 2.81. The number of amides is 1. The van der Waals surface area contributed by atoms with E-state index in [0.717, 1.165) is 0 Å². The second kappa shape index (κ2) is 5.00. The lowest BCUT2D eigenvalue weighted by Gasteiger charge is -2.18. The van der Waals surface area contributed by atoms with E-state index < -0.39 is 5.41 Å². The summed E-state index contributed by atoms with van der Waals surface area (Å²) in [5.74, 6) is -0.292. The van der Waals surface area contributed by atoms with Gasteiger partial charge in [-0.05, 0) is 37.6 Å². The van der Waals surface area contributed by atoms with Crippen molar-refractivity contribution in [2.24, 2.45) is 5.41 Å². The fourth-order valence-corrected chi connectivity index (χ4v) is 1.22. The van der Waals surface area contributed by atoms with E-state index in [0.29, 0.717) is 17.1 Å². The lowest BCUT2D eigenvalue weighted by molar-refractivity contribution is -0.122. The molecule has 0 fully saturated rings. The Kier molecular flexibility index (Phi) is 3.92.